The van der Waals surface area contributed by atoms with Crippen LogP contribution in [0.15, 0.2) is 30.3 Å². The quantitative estimate of drug-likeness (QED) is 0.676. The Bertz CT molecular complexity index is 446. The molecule has 4 N–H and O–H groups in total. The van der Waals surface area contributed by atoms with Crippen LogP contribution < -0.4 is 16.4 Å². The van der Waals surface area contributed by atoms with Gasteiger partial charge in [-0.3, -0.25) is 9.59 Å². The second-order valence-electron chi connectivity index (χ2n) is 5.52. The number of benzene rings is 1. The zero-order valence-electron chi connectivity index (χ0n) is 12.8. The Kier molecular flexibility index (Phi) is 7.46. The molecule has 0 aromatic heterocycles. The van der Waals surface area contributed by atoms with E-state index < -0.39 is 0 Å². The highest BCUT2D eigenvalue weighted by Crippen LogP contribution is 2.07. The van der Waals surface area contributed by atoms with Gasteiger partial charge in [0.05, 0.1) is 0 Å². The largest absolute Gasteiger partial charge is 0.356 e. The van der Waals surface area contributed by atoms with E-state index in [2.05, 4.69) is 10.6 Å². The predicted molar refractivity (Wildman–Crippen MR) is 83.5 cm³/mol. The lowest BCUT2D eigenvalue weighted by Crippen LogP contribution is -2.34. The van der Waals surface area contributed by atoms with Crippen molar-refractivity contribution >= 4 is 11.8 Å². The molecule has 0 aliphatic carbocycles. The lowest BCUT2D eigenvalue weighted by molar-refractivity contribution is -0.122. The zero-order chi connectivity index (χ0) is 15.7. The highest BCUT2D eigenvalue weighted by atomic mass is 16.2. The van der Waals surface area contributed by atoms with Crippen LogP contribution in [-0.4, -0.2) is 24.9 Å². The van der Waals surface area contributed by atoms with Crippen molar-refractivity contribution in [3.05, 3.63) is 35.9 Å². The molecule has 1 aromatic carbocycles. The normalized spacial score (nSPS) is 12.0. The molecular weight excluding hydrogens is 266 g/mol. The Morgan fingerprint density at radius 1 is 1.10 bits per heavy atom. The Balaban J connectivity index is 2.18. The molecule has 116 valence electrons. The number of carbonyl (C=O) groups excluding carboxylic acids is 2. The van der Waals surface area contributed by atoms with E-state index in [0.29, 0.717) is 25.4 Å². The van der Waals surface area contributed by atoms with Gasteiger partial charge in [-0.15, -0.1) is 0 Å². The monoisotopic (exact) mass is 291 g/mol. The third kappa shape index (κ3) is 7.46. The van der Waals surface area contributed by atoms with Gasteiger partial charge in [-0.05, 0) is 11.5 Å². The van der Waals surface area contributed by atoms with Crippen molar-refractivity contribution in [3.63, 3.8) is 0 Å². The van der Waals surface area contributed by atoms with E-state index in [4.69, 9.17) is 5.73 Å². The van der Waals surface area contributed by atoms with E-state index >= 15 is 0 Å². The molecule has 0 saturated heterocycles. The summed E-state index contributed by atoms with van der Waals surface area (Å²) in [7, 11) is 0. The summed E-state index contributed by atoms with van der Waals surface area (Å²) in [6.45, 7) is 4.72. The molecule has 0 aliphatic heterocycles. The fraction of sp³-hybridized carbons (Fsp3) is 0.500. The number of nitrogens with two attached hydrogens (primary N) is 1. The zero-order valence-corrected chi connectivity index (χ0v) is 12.8. The summed E-state index contributed by atoms with van der Waals surface area (Å²) in [6.07, 6.45) is 0.756. The van der Waals surface area contributed by atoms with Gasteiger partial charge >= 0.3 is 0 Å². The maximum Gasteiger partial charge on any atom is 0.221 e. The van der Waals surface area contributed by atoms with Gasteiger partial charge in [0, 0.05) is 32.0 Å². The van der Waals surface area contributed by atoms with Gasteiger partial charge in [0.1, 0.15) is 0 Å². The molecule has 5 heteroatoms. The standard InChI is InChI=1S/C16H25N3O2/c1-12(2)10-16(21)18-9-8-15(20)19-11-14(17)13-6-4-3-5-7-13/h3-7,12,14H,8-11,17H2,1-2H3,(H,18,21)(H,19,20). The Morgan fingerprint density at radius 3 is 2.38 bits per heavy atom. The molecule has 0 radical (unpaired) electrons. The average molecular weight is 291 g/mol. The molecule has 0 saturated carbocycles. The third-order valence-electron chi connectivity index (χ3n) is 3.01. The van der Waals surface area contributed by atoms with Crippen molar-refractivity contribution in [2.24, 2.45) is 11.7 Å². The lowest BCUT2D eigenvalue weighted by atomic mass is 10.1. The van der Waals surface area contributed by atoms with Crippen LogP contribution in [-0.2, 0) is 9.59 Å². The minimum absolute atomic E-state index is 0.0150. The van der Waals surface area contributed by atoms with E-state index in [-0.39, 0.29) is 24.3 Å². The van der Waals surface area contributed by atoms with Crippen molar-refractivity contribution in [1.29, 1.82) is 0 Å². The first kappa shape index (κ1) is 17.2. The first-order valence-electron chi connectivity index (χ1n) is 7.33. The summed E-state index contributed by atoms with van der Waals surface area (Å²) < 4.78 is 0. The summed E-state index contributed by atoms with van der Waals surface area (Å²) in [5.74, 6) is 0.202. The molecule has 5 nitrogen and oxygen atoms in total. The van der Waals surface area contributed by atoms with Crippen LogP contribution in [0.1, 0.15) is 38.3 Å². The first-order chi connectivity index (χ1) is 9.99. The minimum atomic E-state index is -0.217. The fourth-order valence-corrected chi connectivity index (χ4v) is 1.89. The van der Waals surface area contributed by atoms with Crippen LogP contribution in [0.25, 0.3) is 0 Å². The van der Waals surface area contributed by atoms with Gasteiger partial charge in [-0.2, -0.15) is 0 Å². The lowest BCUT2D eigenvalue weighted by Gasteiger charge is -2.13. The summed E-state index contributed by atoms with van der Waals surface area (Å²) in [5.41, 5.74) is 6.98. The Labute approximate surface area is 126 Å². The van der Waals surface area contributed by atoms with Crippen molar-refractivity contribution in [1.82, 2.24) is 10.6 Å². The topological polar surface area (TPSA) is 84.2 Å². The summed E-state index contributed by atoms with van der Waals surface area (Å²) in [5, 5.41) is 5.51. The summed E-state index contributed by atoms with van der Waals surface area (Å²) in [4.78, 5) is 23.1. The van der Waals surface area contributed by atoms with Gasteiger partial charge in [0.2, 0.25) is 11.8 Å². The Morgan fingerprint density at radius 2 is 1.76 bits per heavy atom. The molecule has 1 rings (SSSR count). The van der Waals surface area contributed by atoms with E-state index in [1.54, 1.807) is 0 Å². The maximum atomic E-state index is 11.7. The van der Waals surface area contributed by atoms with Crippen LogP contribution >= 0.6 is 0 Å². The first-order valence-corrected chi connectivity index (χ1v) is 7.33. The number of carbonyl (C=O) groups is 2. The molecule has 0 aliphatic rings. The molecule has 0 fully saturated rings. The highest BCUT2D eigenvalue weighted by molar-refractivity contribution is 5.79. The van der Waals surface area contributed by atoms with E-state index in [9.17, 15) is 9.59 Å². The van der Waals surface area contributed by atoms with Crippen molar-refractivity contribution in [3.8, 4) is 0 Å². The molecule has 0 spiro atoms. The second kappa shape index (κ2) is 9.13. The molecule has 1 unspecified atom stereocenters. The van der Waals surface area contributed by atoms with Crippen LogP contribution in [0.2, 0.25) is 0 Å². The molecule has 0 heterocycles. The molecule has 1 aromatic rings. The minimum Gasteiger partial charge on any atom is -0.356 e. The number of nitrogens with one attached hydrogen (secondary N) is 2. The number of amides is 2. The van der Waals surface area contributed by atoms with E-state index in [0.717, 1.165) is 5.56 Å². The van der Waals surface area contributed by atoms with Crippen molar-refractivity contribution < 1.29 is 9.59 Å². The van der Waals surface area contributed by atoms with Crippen LogP contribution in [0.5, 0.6) is 0 Å². The van der Waals surface area contributed by atoms with Crippen molar-refractivity contribution in [2.75, 3.05) is 13.1 Å². The summed E-state index contributed by atoms with van der Waals surface area (Å²) >= 11 is 0. The second-order valence-corrected chi connectivity index (χ2v) is 5.52. The van der Waals surface area contributed by atoms with E-state index in [1.807, 2.05) is 44.2 Å². The van der Waals surface area contributed by atoms with Crippen LogP contribution in [0.3, 0.4) is 0 Å². The highest BCUT2D eigenvalue weighted by Gasteiger charge is 2.09. The molecule has 21 heavy (non-hydrogen) atoms. The maximum absolute atomic E-state index is 11.7. The average Bonchev–Trinajstić information content (AvgIpc) is 2.45. The summed E-state index contributed by atoms with van der Waals surface area (Å²) in [6, 6.07) is 9.41. The van der Waals surface area contributed by atoms with Gasteiger partial charge in [-0.1, -0.05) is 44.2 Å². The number of hydrogen-bond acceptors (Lipinski definition) is 3. The van der Waals surface area contributed by atoms with Gasteiger partial charge in [0.15, 0.2) is 0 Å². The van der Waals surface area contributed by atoms with Crippen LogP contribution in [0, 0.1) is 5.92 Å². The van der Waals surface area contributed by atoms with Crippen molar-refractivity contribution in [2.45, 2.75) is 32.7 Å². The molecule has 1 atom stereocenters. The van der Waals surface area contributed by atoms with Gasteiger partial charge in [0.25, 0.3) is 0 Å². The molecular formula is C16H25N3O2. The number of rotatable bonds is 8. The SMILES string of the molecule is CC(C)CC(=O)NCCC(=O)NCC(N)c1ccccc1. The van der Waals surface area contributed by atoms with E-state index in [1.165, 1.54) is 0 Å². The van der Waals surface area contributed by atoms with Crippen LogP contribution in [0.4, 0.5) is 0 Å². The Hall–Kier alpha value is -1.88. The fourth-order valence-electron chi connectivity index (χ4n) is 1.89. The van der Waals surface area contributed by atoms with Gasteiger partial charge in [-0.25, -0.2) is 0 Å². The predicted octanol–water partition coefficient (Wildman–Crippen LogP) is 1.36. The third-order valence-corrected chi connectivity index (χ3v) is 3.01. The smallest absolute Gasteiger partial charge is 0.221 e. The molecule has 2 amide bonds. The van der Waals surface area contributed by atoms with Gasteiger partial charge < -0.3 is 16.4 Å². The number of hydrogen-bond donors (Lipinski definition) is 3. The molecule has 0 bridgehead atoms.